The zero-order valence-corrected chi connectivity index (χ0v) is 11.2. The number of aromatic nitrogens is 2. The Hall–Kier alpha value is -1.33. The molecule has 0 amide bonds. The van der Waals surface area contributed by atoms with Crippen molar-refractivity contribution in [3.05, 3.63) is 34.6 Å². The predicted octanol–water partition coefficient (Wildman–Crippen LogP) is 1.86. The number of benzene rings is 1. The monoisotopic (exact) mass is 263 g/mol. The molecule has 2 N–H and O–H groups in total. The van der Waals surface area contributed by atoms with Crippen molar-refractivity contribution in [3.8, 4) is 0 Å². The third kappa shape index (κ3) is 2.57. The maximum absolute atomic E-state index is 12.3. The number of fused-ring (bicyclic) bond motifs is 1. The molecule has 18 heavy (non-hydrogen) atoms. The van der Waals surface area contributed by atoms with Gasteiger partial charge >= 0.3 is 0 Å². The average Bonchev–Trinajstić information content (AvgIpc) is 2.39. The molecule has 5 heteroatoms. The van der Waals surface area contributed by atoms with E-state index in [0.717, 1.165) is 22.8 Å². The number of thioether (sulfide) groups is 1. The topological polar surface area (TPSA) is 60.9 Å². The van der Waals surface area contributed by atoms with Crippen LogP contribution in [-0.2, 0) is 6.54 Å². The standard InChI is InChI=1S/C13H17N3OS/c1-2-16-12(17)10-6-3-4-7-11(10)15-13(16)18-9-5-8-14/h3-4,6-7H,2,5,8-9,14H2,1H3. The Morgan fingerprint density at radius 3 is 2.89 bits per heavy atom. The van der Waals surface area contributed by atoms with Gasteiger partial charge in [-0.2, -0.15) is 0 Å². The lowest BCUT2D eigenvalue weighted by atomic mass is 10.2. The minimum absolute atomic E-state index is 0.0401. The van der Waals surface area contributed by atoms with E-state index in [1.165, 1.54) is 0 Å². The van der Waals surface area contributed by atoms with Gasteiger partial charge in [-0.25, -0.2) is 4.98 Å². The molecule has 0 fully saturated rings. The molecule has 0 atom stereocenters. The van der Waals surface area contributed by atoms with Gasteiger partial charge in [-0.3, -0.25) is 9.36 Å². The summed E-state index contributed by atoms with van der Waals surface area (Å²) in [5.74, 6) is 0.890. The van der Waals surface area contributed by atoms with E-state index in [2.05, 4.69) is 4.98 Å². The number of hydrogen-bond donors (Lipinski definition) is 1. The molecule has 0 saturated heterocycles. The summed E-state index contributed by atoms with van der Waals surface area (Å²) in [4.78, 5) is 16.9. The summed E-state index contributed by atoms with van der Waals surface area (Å²) < 4.78 is 1.73. The van der Waals surface area contributed by atoms with Crippen molar-refractivity contribution in [2.45, 2.75) is 25.0 Å². The van der Waals surface area contributed by atoms with E-state index >= 15 is 0 Å². The Balaban J connectivity index is 2.48. The van der Waals surface area contributed by atoms with Crippen LogP contribution in [-0.4, -0.2) is 21.8 Å². The Labute approximate surface area is 110 Å². The number of nitrogens with two attached hydrogens (primary N) is 1. The van der Waals surface area contributed by atoms with E-state index in [0.29, 0.717) is 18.5 Å². The van der Waals surface area contributed by atoms with Crippen LogP contribution in [0.15, 0.2) is 34.2 Å². The molecule has 0 aliphatic rings. The van der Waals surface area contributed by atoms with Crippen LogP contribution < -0.4 is 11.3 Å². The minimum Gasteiger partial charge on any atom is -0.330 e. The molecule has 96 valence electrons. The SMILES string of the molecule is CCn1c(SCCCN)nc2ccccc2c1=O. The summed E-state index contributed by atoms with van der Waals surface area (Å²) in [5, 5.41) is 1.47. The third-order valence-electron chi connectivity index (χ3n) is 2.72. The predicted molar refractivity (Wildman–Crippen MR) is 76.1 cm³/mol. The van der Waals surface area contributed by atoms with E-state index in [9.17, 15) is 4.79 Å². The summed E-state index contributed by atoms with van der Waals surface area (Å²) >= 11 is 1.60. The van der Waals surface area contributed by atoms with E-state index < -0.39 is 0 Å². The maximum atomic E-state index is 12.3. The van der Waals surface area contributed by atoms with Gasteiger partial charge in [0.2, 0.25) is 0 Å². The van der Waals surface area contributed by atoms with Gasteiger partial charge in [-0.15, -0.1) is 0 Å². The van der Waals surface area contributed by atoms with Crippen molar-refractivity contribution in [1.29, 1.82) is 0 Å². The smallest absolute Gasteiger partial charge is 0.262 e. The van der Waals surface area contributed by atoms with Crippen molar-refractivity contribution < 1.29 is 0 Å². The lowest BCUT2D eigenvalue weighted by molar-refractivity contribution is 0.634. The Morgan fingerprint density at radius 2 is 2.17 bits per heavy atom. The second kappa shape index (κ2) is 6.02. The molecular weight excluding hydrogens is 246 g/mol. The van der Waals surface area contributed by atoms with Crippen LogP contribution in [0.2, 0.25) is 0 Å². The van der Waals surface area contributed by atoms with Gasteiger partial charge in [0.05, 0.1) is 10.9 Å². The van der Waals surface area contributed by atoms with Gasteiger partial charge in [0.1, 0.15) is 0 Å². The van der Waals surface area contributed by atoms with E-state index in [-0.39, 0.29) is 5.56 Å². The van der Waals surface area contributed by atoms with Crippen LogP contribution in [0.25, 0.3) is 10.9 Å². The fourth-order valence-corrected chi connectivity index (χ4v) is 2.81. The van der Waals surface area contributed by atoms with Gasteiger partial charge < -0.3 is 5.73 Å². The number of para-hydroxylation sites is 1. The molecule has 1 aromatic carbocycles. The highest BCUT2D eigenvalue weighted by atomic mass is 32.2. The van der Waals surface area contributed by atoms with Gasteiger partial charge in [-0.1, -0.05) is 23.9 Å². The summed E-state index contributed by atoms with van der Waals surface area (Å²) in [5.41, 5.74) is 6.29. The quantitative estimate of drug-likeness (QED) is 0.508. The highest BCUT2D eigenvalue weighted by molar-refractivity contribution is 7.99. The molecule has 4 nitrogen and oxygen atoms in total. The fourth-order valence-electron chi connectivity index (χ4n) is 1.78. The highest BCUT2D eigenvalue weighted by Gasteiger charge is 2.09. The van der Waals surface area contributed by atoms with Crippen LogP contribution in [0.5, 0.6) is 0 Å². The van der Waals surface area contributed by atoms with Crippen molar-refractivity contribution in [2.75, 3.05) is 12.3 Å². The highest BCUT2D eigenvalue weighted by Crippen LogP contribution is 2.18. The third-order valence-corrected chi connectivity index (χ3v) is 3.79. The number of rotatable bonds is 5. The fraction of sp³-hybridized carbons (Fsp3) is 0.385. The molecule has 0 bridgehead atoms. The van der Waals surface area contributed by atoms with Gasteiger partial charge in [-0.05, 0) is 32.0 Å². The summed E-state index contributed by atoms with van der Waals surface area (Å²) in [6.45, 7) is 3.27. The summed E-state index contributed by atoms with van der Waals surface area (Å²) in [6.07, 6.45) is 0.928. The molecule has 2 aromatic rings. The number of hydrogen-bond acceptors (Lipinski definition) is 4. The van der Waals surface area contributed by atoms with Gasteiger partial charge in [0.15, 0.2) is 5.16 Å². The Morgan fingerprint density at radius 1 is 1.39 bits per heavy atom. The Kier molecular flexibility index (Phi) is 4.38. The maximum Gasteiger partial charge on any atom is 0.262 e. The first-order valence-corrected chi connectivity index (χ1v) is 7.09. The molecule has 1 heterocycles. The van der Waals surface area contributed by atoms with E-state index in [1.54, 1.807) is 16.3 Å². The largest absolute Gasteiger partial charge is 0.330 e. The molecule has 0 aliphatic heterocycles. The average molecular weight is 263 g/mol. The van der Waals surface area contributed by atoms with Crippen LogP contribution in [0.4, 0.5) is 0 Å². The summed E-state index contributed by atoms with van der Waals surface area (Å²) in [7, 11) is 0. The number of nitrogens with zero attached hydrogens (tertiary/aromatic N) is 2. The van der Waals surface area contributed by atoms with E-state index in [1.807, 2.05) is 31.2 Å². The van der Waals surface area contributed by atoms with Crippen molar-refractivity contribution in [2.24, 2.45) is 5.73 Å². The van der Waals surface area contributed by atoms with E-state index in [4.69, 9.17) is 5.73 Å². The molecule has 2 rings (SSSR count). The van der Waals surface area contributed by atoms with Crippen LogP contribution in [0.1, 0.15) is 13.3 Å². The van der Waals surface area contributed by atoms with Crippen LogP contribution in [0, 0.1) is 0 Å². The van der Waals surface area contributed by atoms with Crippen molar-refractivity contribution >= 4 is 22.7 Å². The van der Waals surface area contributed by atoms with Crippen molar-refractivity contribution in [3.63, 3.8) is 0 Å². The Bertz CT molecular complexity index is 594. The second-order valence-corrected chi connectivity index (χ2v) is 5.01. The first-order valence-electron chi connectivity index (χ1n) is 6.10. The van der Waals surface area contributed by atoms with Crippen LogP contribution >= 0.6 is 11.8 Å². The molecule has 0 spiro atoms. The minimum atomic E-state index is 0.0401. The molecule has 0 aliphatic carbocycles. The van der Waals surface area contributed by atoms with Gasteiger partial charge in [0, 0.05) is 12.3 Å². The molecule has 1 aromatic heterocycles. The normalized spacial score (nSPS) is 11.0. The molecule has 0 unspecified atom stereocenters. The molecule has 0 saturated carbocycles. The zero-order chi connectivity index (χ0) is 13.0. The molecular formula is C13H17N3OS. The van der Waals surface area contributed by atoms with Crippen molar-refractivity contribution in [1.82, 2.24) is 9.55 Å². The molecule has 0 radical (unpaired) electrons. The summed E-state index contributed by atoms with van der Waals surface area (Å²) in [6, 6.07) is 7.47. The second-order valence-electron chi connectivity index (χ2n) is 3.95. The van der Waals surface area contributed by atoms with Crippen LogP contribution in [0.3, 0.4) is 0 Å². The lowest BCUT2D eigenvalue weighted by Crippen LogP contribution is -2.22. The first-order chi connectivity index (χ1) is 8.77. The van der Waals surface area contributed by atoms with Gasteiger partial charge in [0.25, 0.3) is 5.56 Å². The first kappa shape index (κ1) is 13.1. The zero-order valence-electron chi connectivity index (χ0n) is 10.4. The lowest BCUT2D eigenvalue weighted by Gasteiger charge is -2.10.